The van der Waals surface area contributed by atoms with Crippen molar-refractivity contribution in [1.82, 2.24) is 10.6 Å². The number of aliphatic hydroxyl groups is 1. The van der Waals surface area contributed by atoms with Crippen LogP contribution in [0.3, 0.4) is 0 Å². The quantitative estimate of drug-likeness (QED) is 0.518. The number of carbonyl (C=O) groups excluding carboxylic acids is 1. The third-order valence-corrected chi connectivity index (χ3v) is 2.07. The second kappa shape index (κ2) is 8.68. The SMILES string of the molecule is CC(C)CCNC(=O)CNCCC(C)O. The normalized spacial score (nSPS) is 12.9. The lowest BCUT2D eigenvalue weighted by Crippen LogP contribution is -2.35. The smallest absolute Gasteiger partial charge is 0.233 e. The summed E-state index contributed by atoms with van der Waals surface area (Å²) >= 11 is 0. The lowest BCUT2D eigenvalue weighted by atomic mass is 10.1. The van der Waals surface area contributed by atoms with Crippen LogP contribution in [-0.4, -0.2) is 36.8 Å². The molecule has 0 heterocycles. The molecule has 1 unspecified atom stereocenters. The summed E-state index contributed by atoms with van der Waals surface area (Å²) in [5.41, 5.74) is 0. The van der Waals surface area contributed by atoms with Crippen molar-refractivity contribution in [3.8, 4) is 0 Å². The first kappa shape index (κ1) is 14.4. The molecule has 4 nitrogen and oxygen atoms in total. The van der Waals surface area contributed by atoms with E-state index in [9.17, 15) is 4.79 Å². The van der Waals surface area contributed by atoms with Crippen molar-refractivity contribution < 1.29 is 9.90 Å². The Morgan fingerprint density at radius 3 is 2.40 bits per heavy atom. The average molecular weight is 216 g/mol. The molecular formula is C11H24N2O2. The molecule has 0 saturated heterocycles. The zero-order valence-corrected chi connectivity index (χ0v) is 10.0. The third-order valence-electron chi connectivity index (χ3n) is 2.07. The Balaban J connectivity index is 3.26. The molecule has 3 N–H and O–H groups in total. The van der Waals surface area contributed by atoms with Crippen LogP contribution >= 0.6 is 0 Å². The molecule has 1 amide bonds. The summed E-state index contributed by atoms with van der Waals surface area (Å²) in [7, 11) is 0. The van der Waals surface area contributed by atoms with Crippen LogP contribution in [0.5, 0.6) is 0 Å². The monoisotopic (exact) mass is 216 g/mol. The molecule has 0 rings (SSSR count). The summed E-state index contributed by atoms with van der Waals surface area (Å²) in [6, 6.07) is 0. The van der Waals surface area contributed by atoms with Crippen molar-refractivity contribution in [2.75, 3.05) is 19.6 Å². The standard InChI is InChI=1S/C11H24N2O2/c1-9(2)4-7-13-11(15)8-12-6-5-10(3)14/h9-10,12,14H,4-8H2,1-3H3,(H,13,15). The van der Waals surface area contributed by atoms with Gasteiger partial charge >= 0.3 is 0 Å². The van der Waals surface area contributed by atoms with E-state index < -0.39 is 0 Å². The van der Waals surface area contributed by atoms with Crippen LogP contribution in [0, 0.1) is 5.92 Å². The summed E-state index contributed by atoms with van der Waals surface area (Å²) < 4.78 is 0. The van der Waals surface area contributed by atoms with Crippen molar-refractivity contribution in [1.29, 1.82) is 0 Å². The van der Waals surface area contributed by atoms with Gasteiger partial charge in [0.05, 0.1) is 12.6 Å². The predicted molar refractivity (Wildman–Crippen MR) is 61.6 cm³/mol. The molecule has 15 heavy (non-hydrogen) atoms. The van der Waals surface area contributed by atoms with Gasteiger partial charge in [-0.2, -0.15) is 0 Å². The highest BCUT2D eigenvalue weighted by Crippen LogP contribution is 1.95. The highest BCUT2D eigenvalue weighted by Gasteiger charge is 2.01. The first-order chi connectivity index (χ1) is 7.02. The molecule has 0 fully saturated rings. The van der Waals surface area contributed by atoms with Gasteiger partial charge < -0.3 is 15.7 Å². The van der Waals surface area contributed by atoms with Crippen LogP contribution in [0.2, 0.25) is 0 Å². The molecule has 0 aliphatic rings. The number of aliphatic hydroxyl groups excluding tert-OH is 1. The Morgan fingerprint density at radius 2 is 1.87 bits per heavy atom. The molecule has 0 saturated carbocycles. The van der Waals surface area contributed by atoms with E-state index in [0.717, 1.165) is 13.0 Å². The van der Waals surface area contributed by atoms with E-state index in [2.05, 4.69) is 24.5 Å². The fourth-order valence-electron chi connectivity index (χ4n) is 1.08. The predicted octanol–water partition coefficient (Wildman–Crippen LogP) is 0.509. The second-order valence-electron chi connectivity index (χ2n) is 4.35. The Kier molecular flexibility index (Phi) is 8.33. The minimum absolute atomic E-state index is 0.0289. The van der Waals surface area contributed by atoms with E-state index in [1.807, 2.05) is 0 Å². The zero-order valence-electron chi connectivity index (χ0n) is 10.0. The van der Waals surface area contributed by atoms with E-state index >= 15 is 0 Å². The minimum Gasteiger partial charge on any atom is -0.393 e. The number of nitrogens with one attached hydrogen (secondary N) is 2. The van der Waals surface area contributed by atoms with Crippen LogP contribution in [0.1, 0.15) is 33.6 Å². The number of amides is 1. The lowest BCUT2D eigenvalue weighted by Gasteiger charge is -2.08. The molecule has 0 aliphatic heterocycles. The van der Waals surface area contributed by atoms with E-state index in [-0.39, 0.29) is 12.0 Å². The van der Waals surface area contributed by atoms with Gasteiger partial charge in [0, 0.05) is 6.54 Å². The molecule has 0 aliphatic carbocycles. The third kappa shape index (κ3) is 11.3. The summed E-state index contributed by atoms with van der Waals surface area (Å²) in [4.78, 5) is 11.2. The molecule has 90 valence electrons. The van der Waals surface area contributed by atoms with Crippen molar-refractivity contribution in [3.05, 3.63) is 0 Å². The summed E-state index contributed by atoms with van der Waals surface area (Å²) in [6.45, 7) is 7.76. The van der Waals surface area contributed by atoms with Gasteiger partial charge in [-0.15, -0.1) is 0 Å². The van der Waals surface area contributed by atoms with Crippen LogP contribution in [-0.2, 0) is 4.79 Å². The summed E-state index contributed by atoms with van der Waals surface area (Å²) in [5, 5.41) is 14.8. The molecule has 0 aromatic heterocycles. The Labute approximate surface area is 92.4 Å². The number of carbonyl (C=O) groups is 1. The van der Waals surface area contributed by atoms with Crippen LogP contribution in [0.15, 0.2) is 0 Å². The molecule has 0 spiro atoms. The maximum absolute atomic E-state index is 11.2. The van der Waals surface area contributed by atoms with Crippen molar-refractivity contribution in [3.63, 3.8) is 0 Å². The van der Waals surface area contributed by atoms with Gasteiger partial charge in [0.2, 0.25) is 5.91 Å². The molecule has 0 aromatic carbocycles. The minimum atomic E-state index is -0.304. The molecule has 0 radical (unpaired) electrons. The second-order valence-corrected chi connectivity index (χ2v) is 4.35. The number of hydrogen-bond acceptors (Lipinski definition) is 3. The highest BCUT2D eigenvalue weighted by atomic mass is 16.3. The Morgan fingerprint density at radius 1 is 1.20 bits per heavy atom. The first-order valence-corrected chi connectivity index (χ1v) is 5.68. The fourth-order valence-corrected chi connectivity index (χ4v) is 1.08. The molecule has 1 atom stereocenters. The van der Waals surface area contributed by atoms with Crippen molar-refractivity contribution in [2.24, 2.45) is 5.92 Å². The molecular weight excluding hydrogens is 192 g/mol. The van der Waals surface area contributed by atoms with Crippen molar-refractivity contribution >= 4 is 5.91 Å². The average Bonchev–Trinajstić information content (AvgIpc) is 2.11. The Hall–Kier alpha value is -0.610. The maximum Gasteiger partial charge on any atom is 0.233 e. The van der Waals surface area contributed by atoms with Crippen molar-refractivity contribution in [2.45, 2.75) is 39.7 Å². The van der Waals surface area contributed by atoms with Gasteiger partial charge in [-0.05, 0) is 32.2 Å². The van der Waals surface area contributed by atoms with E-state index in [1.165, 1.54) is 0 Å². The van der Waals surface area contributed by atoms with Crippen LogP contribution < -0.4 is 10.6 Å². The fraction of sp³-hybridized carbons (Fsp3) is 0.909. The maximum atomic E-state index is 11.2. The molecule has 0 aromatic rings. The summed E-state index contributed by atoms with van der Waals surface area (Å²) in [6.07, 6.45) is 1.39. The van der Waals surface area contributed by atoms with E-state index in [1.54, 1.807) is 6.92 Å². The first-order valence-electron chi connectivity index (χ1n) is 5.68. The van der Waals surface area contributed by atoms with Gasteiger partial charge in [0.1, 0.15) is 0 Å². The van der Waals surface area contributed by atoms with Gasteiger partial charge in [-0.3, -0.25) is 4.79 Å². The van der Waals surface area contributed by atoms with E-state index in [4.69, 9.17) is 5.11 Å². The van der Waals surface area contributed by atoms with Gasteiger partial charge in [-0.25, -0.2) is 0 Å². The van der Waals surface area contributed by atoms with Crippen LogP contribution in [0.25, 0.3) is 0 Å². The Bertz CT molecular complexity index is 170. The number of rotatable bonds is 8. The van der Waals surface area contributed by atoms with Gasteiger partial charge in [0.25, 0.3) is 0 Å². The van der Waals surface area contributed by atoms with Crippen LogP contribution in [0.4, 0.5) is 0 Å². The number of hydrogen-bond donors (Lipinski definition) is 3. The van der Waals surface area contributed by atoms with E-state index in [0.29, 0.717) is 25.4 Å². The van der Waals surface area contributed by atoms with Gasteiger partial charge in [-0.1, -0.05) is 13.8 Å². The lowest BCUT2D eigenvalue weighted by molar-refractivity contribution is -0.120. The zero-order chi connectivity index (χ0) is 11.7. The summed E-state index contributed by atoms with van der Waals surface area (Å²) in [5.74, 6) is 0.648. The molecule has 0 bridgehead atoms. The largest absolute Gasteiger partial charge is 0.393 e. The highest BCUT2D eigenvalue weighted by molar-refractivity contribution is 5.77. The topological polar surface area (TPSA) is 61.4 Å². The van der Waals surface area contributed by atoms with Gasteiger partial charge in [0.15, 0.2) is 0 Å². The molecule has 4 heteroatoms.